The van der Waals surface area contributed by atoms with Gasteiger partial charge in [-0.25, -0.2) is 0 Å². The molecular formula is C18H20F3N3O2. The molecule has 0 saturated carbocycles. The zero-order valence-corrected chi connectivity index (χ0v) is 15.1. The number of amides is 1. The maximum absolute atomic E-state index is 13.0. The van der Waals surface area contributed by atoms with Crippen LogP contribution in [0.3, 0.4) is 0 Å². The third kappa shape index (κ3) is 3.74. The summed E-state index contributed by atoms with van der Waals surface area (Å²) in [7, 11) is 3.33. The Bertz CT molecular complexity index is 867. The average molecular weight is 367 g/mol. The highest BCUT2D eigenvalue weighted by Crippen LogP contribution is 2.35. The standard InChI is InChI=1S/C18H20F3N3O2/c1-9-15(11(3)25)10(2)22-16(9)17(26)23-13-8-12(18(19,20)21)6-7-14(13)24(4)5/h6-8,22H,1-5H3,(H,23,26). The van der Waals surface area contributed by atoms with Gasteiger partial charge in [-0.2, -0.15) is 13.2 Å². The number of anilines is 2. The van der Waals surface area contributed by atoms with E-state index in [0.717, 1.165) is 12.1 Å². The van der Waals surface area contributed by atoms with Crippen molar-refractivity contribution in [1.29, 1.82) is 0 Å². The number of H-pyrrole nitrogens is 1. The Balaban J connectivity index is 2.46. The normalized spacial score (nSPS) is 11.4. The summed E-state index contributed by atoms with van der Waals surface area (Å²) in [4.78, 5) is 28.7. The van der Waals surface area contributed by atoms with Crippen LogP contribution in [-0.4, -0.2) is 30.8 Å². The molecule has 0 saturated heterocycles. The van der Waals surface area contributed by atoms with Crippen LogP contribution in [0.25, 0.3) is 0 Å². The SMILES string of the molecule is CC(=O)c1c(C)[nH]c(C(=O)Nc2cc(C(F)(F)F)ccc2N(C)C)c1C. The van der Waals surface area contributed by atoms with E-state index >= 15 is 0 Å². The molecule has 0 aliphatic heterocycles. The molecule has 1 heterocycles. The first kappa shape index (κ1) is 19.6. The summed E-state index contributed by atoms with van der Waals surface area (Å²) in [6, 6.07) is 3.15. The van der Waals surface area contributed by atoms with Crippen molar-refractivity contribution in [2.24, 2.45) is 0 Å². The monoisotopic (exact) mass is 367 g/mol. The number of Topliss-reactive ketones (excluding diaryl/α,β-unsaturated/α-hetero) is 1. The largest absolute Gasteiger partial charge is 0.416 e. The number of nitrogens with one attached hydrogen (secondary N) is 2. The summed E-state index contributed by atoms with van der Waals surface area (Å²) in [5, 5.41) is 2.52. The lowest BCUT2D eigenvalue weighted by Crippen LogP contribution is -2.19. The summed E-state index contributed by atoms with van der Waals surface area (Å²) in [6.45, 7) is 4.67. The van der Waals surface area contributed by atoms with Gasteiger partial charge in [-0.15, -0.1) is 0 Å². The molecule has 0 unspecified atom stereocenters. The number of ketones is 1. The average Bonchev–Trinajstić information content (AvgIpc) is 2.80. The molecule has 2 aromatic rings. The summed E-state index contributed by atoms with van der Waals surface area (Å²) in [5.74, 6) is -0.802. The smallest absolute Gasteiger partial charge is 0.376 e. The van der Waals surface area contributed by atoms with E-state index in [4.69, 9.17) is 0 Å². The fraction of sp³-hybridized carbons (Fsp3) is 0.333. The van der Waals surface area contributed by atoms with Gasteiger partial charge < -0.3 is 15.2 Å². The van der Waals surface area contributed by atoms with Crippen molar-refractivity contribution >= 4 is 23.1 Å². The Morgan fingerprint density at radius 1 is 1.15 bits per heavy atom. The second-order valence-corrected chi connectivity index (χ2v) is 6.26. The number of hydrogen-bond acceptors (Lipinski definition) is 3. The third-order valence-corrected chi connectivity index (χ3v) is 4.07. The predicted octanol–water partition coefficient (Wildman–Crippen LogP) is 4.17. The highest BCUT2D eigenvalue weighted by atomic mass is 19.4. The fourth-order valence-electron chi connectivity index (χ4n) is 2.89. The fourth-order valence-corrected chi connectivity index (χ4v) is 2.89. The molecule has 0 aliphatic rings. The van der Waals surface area contributed by atoms with Crippen LogP contribution in [0.5, 0.6) is 0 Å². The highest BCUT2D eigenvalue weighted by Gasteiger charge is 2.31. The number of rotatable bonds is 4. The van der Waals surface area contributed by atoms with E-state index in [1.54, 1.807) is 32.8 Å². The van der Waals surface area contributed by atoms with Gasteiger partial charge in [0, 0.05) is 25.4 Å². The minimum Gasteiger partial charge on any atom is -0.376 e. The van der Waals surface area contributed by atoms with Crippen LogP contribution in [0.1, 0.15) is 44.6 Å². The summed E-state index contributed by atoms with van der Waals surface area (Å²) < 4.78 is 39.0. The maximum atomic E-state index is 13.0. The van der Waals surface area contributed by atoms with Gasteiger partial charge in [-0.05, 0) is 44.5 Å². The van der Waals surface area contributed by atoms with Crippen LogP contribution in [0.2, 0.25) is 0 Å². The van der Waals surface area contributed by atoms with Crippen molar-refractivity contribution < 1.29 is 22.8 Å². The molecule has 2 rings (SSSR count). The van der Waals surface area contributed by atoms with E-state index in [2.05, 4.69) is 10.3 Å². The molecular weight excluding hydrogens is 347 g/mol. The highest BCUT2D eigenvalue weighted by molar-refractivity contribution is 6.08. The number of aromatic nitrogens is 1. The molecule has 0 bridgehead atoms. The van der Waals surface area contributed by atoms with Gasteiger partial charge >= 0.3 is 6.18 Å². The molecule has 8 heteroatoms. The van der Waals surface area contributed by atoms with Crippen molar-refractivity contribution in [2.75, 3.05) is 24.3 Å². The minimum atomic E-state index is -4.52. The summed E-state index contributed by atoms with van der Waals surface area (Å²) >= 11 is 0. The van der Waals surface area contributed by atoms with E-state index in [-0.39, 0.29) is 17.2 Å². The van der Waals surface area contributed by atoms with E-state index in [1.807, 2.05) is 0 Å². The Labute approximate surface area is 149 Å². The first-order valence-electron chi connectivity index (χ1n) is 7.83. The lowest BCUT2D eigenvalue weighted by atomic mass is 10.1. The first-order valence-corrected chi connectivity index (χ1v) is 7.83. The number of aryl methyl sites for hydroxylation is 1. The molecule has 140 valence electrons. The van der Waals surface area contributed by atoms with Gasteiger partial charge in [-0.3, -0.25) is 9.59 Å². The predicted molar refractivity (Wildman–Crippen MR) is 94.0 cm³/mol. The Hall–Kier alpha value is -2.77. The molecule has 1 aromatic carbocycles. The molecule has 0 radical (unpaired) electrons. The van der Waals surface area contributed by atoms with Crippen LogP contribution in [0.15, 0.2) is 18.2 Å². The molecule has 5 nitrogen and oxygen atoms in total. The topological polar surface area (TPSA) is 65.2 Å². The third-order valence-electron chi connectivity index (χ3n) is 4.07. The van der Waals surface area contributed by atoms with Crippen molar-refractivity contribution in [3.05, 3.63) is 46.3 Å². The molecule has 0 aliphatic carbocycles. The molecule has 0 fully saturated rings. The van der Waals surface area contributed by atoms with Crippen LogP contribution < -0.4 is 10.2 Å². The van der Waals surface area contributed by atoms with Gasteiger partial charge in [0.25, 0.3) is 5.91 Å². The Morgan fingerprint density at radius 3 is 2.23 bits per heavy atom. The van der Waals surface area contributed by atoms with Crippen molar-refractivity contribution in [1.82, 2.24) is 4.98 Å². The molecule has 1 aromatic heterocycles. The number of carbonyl (C=O) groups excluding carboxylic acids is 2. The lowest BCUT2D eigenvalue weighted by molar-refractivity contribution is -0.137. The molecule has 2 N–H and O–H groups in total. The molecule has 26 heavy (non-hydrogen) atoms. The number of benzene rings is 1. The lowest BCUT2D eigenvalue weighted by Gasteiger charge is -2.19. The number of aromatic amines is 1. The van der Waals surface area contributed by atoms with Gasteiger partial charge in [0.1, 0.15) is 5.69 Å². The number of hydrogen-bond donors (Lipinski definition) is 2. The quantitative estimate of drug-likeness (QED) is 0.797. The van der Waals surface area contributed by atoms with E-state index in [0.29, 0.717) is 22.5 Å². The Morgan fingerprint density at radius 2 is 1.77 bits per heavy atom. The second kappa shape index (κ2) is 6.86. The van der Waals surface area contributed by atoms with Gasteiger partial charge in [-0.1, -0.05) is 0 Å². The second-order valence-electron chi connectivity index (χ2n) is 6.26. The van der Waals surface area contributed by atoms with Crippen LogP contribution in [0.4, 0.5) is 24.5 Å². The minimum absolute atomic E-state index is 0.0332. The summed E-state index contributed by atoms with van der Waals surface area (Å²) in [5.41, 5.74) is 1.16. The first-order chi connectivity index (χ1) is 11.9. The summed E-state index contributed by atoms with van der Waals surface area (Å²) in [6.07, 6.45) is -4.52. The zero-order chi connectivity index (χ0) is 19.8. The van der Waals surface area contributed by atoms with Crippen molar-refractivity contribution in [3.8, 4) is 0 Å². The number of halogens is 3. The number of carbonyl (C=O) groups is 2. The Kier molecular flexibility index (Phi) is 5.16. The van der Waals surface area contributed by atoms with Crippen LogP contribution in [-0.2, 0) is 6.18 Å². The van der Waals surface area contributed by atoms with E-state index in [1.165, 1.54) is 13.0 Å². The molecule has 0 spiro atoms. The zero-order valence-electron chi connectivity index (χ0n) is 15.1. The van der Waals surface area contributed by atoms with Crippen molar-refractivity contribution in [3.63, 3.8) is 0 Å². The van der Waals surface area contributed by atoms with Gasteiger partial charge in [0.2, 0.25) is 0 Å². The van der Waals surface area contributed by atoms with Gasteiger partial charge in [0.15, 0.2) is 5.78 Å². The van der Waals surface area contributed by atoms with E-state index in [9.17, 15) is 22.8 Å². The van der Waals surface area contributed by atoms with Crippen LogP contribution in [0, 0.1) is 13.8 Å². The van der Waals surface area contributed by atoms with Crippen molar-refractivity contribution in [2.45, 2.75) is 26.9 Å². The van der Waals surface area contributed by atoms with E-state index < -0.39 is 17.6 Å². The van der Waals surface area contributed by atoms with Gasteiger partial charge in [0.05, 0.1) is 16.9 Å². The molecule has 0 atom stereocenters. The molecule has 1 amide bonds. The van der Waals surface area contributed by atoms with Crippen LogP contribution >= 0.6 is 0 Å². The number of alkyl halides is 3. The maximum Gasteiger partial charge on any atom is 0.416 e. The number of nitrogens with zero attached hydrogens (tertiary/aromatic N) is 1.